The van der Waals surface area contributed by atoms with E-state index in [2.05, 4.69) is 218 Å². The molecule has 12 rings (SSSR count). The fourth-order valence-electron chi connectivity index (χ4n) is 10.7. The van der Waals surface area contributed by atoms with Gasteiger partial charge in [0, 0.05) is 52.5 Å². The number of rotatable bonds is 7. The number of benzene rings is 8. The highest BCUT2D eigenvalue weighted by Gasteiger charge is 2.28. The highest BCUT2D eigenvalue weighted by molar-refractivity contribution is 6.88. The van der Waals surface area contributed by atoms with E-state index in [0.717, 1.165) is 56.1 Å². The number of aromatic nitrogens is 3. The van der Waals surface area contributed by atoms with Crippen LogP contribution in [-0.4, -0.2) is 22.2 Å². The van der Waals surface area contributed by atoms with Gasteiger partial charge in [-0.05, 0) is 98.1 Å². The highest BCUT2D eigenvalue weighted by atomic mass is 28.3. The zero-order chi connectivity index (χ0) is 49.0. The van der Waals surface area contributed by atoms with Crippen LogP contribution in [0.25, 0.3) is 82.1 Å². The molecule has 0 spiro atoms. The Morgan fingerprint density at radius 2 is 1.19 bits per heavy atom. The van der Waals surface area contributed by atoms with E-state index in [1.807, 2.05) is 38.2 Å². The molecule has 0 atom stereocenters. The molecule has 0 bridgehead atoms. The Balaban J connectivity index is 1.06. The quantitative estimate of drug-likeness (QED) is 0.149. The molecule has 11 aromatic rings. The fraction of sp³-hybridized carbons (Fsp3) is 0.172. The summed E-state index contributed by atoms with van der Waals surface area (Å²) < 4.78 is 20.5. The summed E-state index contributed by atoms with van der Waals surface area (Å²) in [5.41, 5.74) is 11.4. The zero-order valence-corrected chi connectivity index (χ0v) is 42.3. The monoisotopic (exact) mass is 927 g/mol. The highest BCUT2D eigenvalue weighted by Crippen LogP contribution is 2.45. The van der Waals surface area contributed by atoms with Gasteiger partial charge in [-0.15, -0.1) is 0 Å². The number of para-hydroxylation sites is 3. The minimum absolute atomic E-state index is 0.0240. The SMILES string of the molecule is [2H]C(C)(C)c1ccnc(-n2c3ccccc3c3ccc(Oc4cccc(N5Cn6c7c(-c8cc(C(C)(C)C)cc([Si](C)(C)C)c8)cccc7c7ccccc7c7ccccc7c7cccc5c76)c4)cc32)c1. The molecule has 70 heavy (non-hydrogen) atoms. The number of fused-ring (bicyclic) bond motifs is 10. The molecule has 0 fully saturated rings. The molecule has 5 nitrogen and oxygen atoms in total. The van der Waals surface area contributed by atoms with Crippen LogP contribution in [0.5, 0.6) is 11.5 Å². The molecule has 6 heteroatoms. The van der Waals surface area contributed by atoms with E-state index < -0.39 is 14.0 Å². The van der Waals surface area contributed by atoms with Gasteiger partial charge in [0.2, 0.25) is 0 Å². The molecule has 1 aliphatic heterocycles. The third-order valence-electron chi connectivity index (χ3n) is 14.4. The topological polar surface area (TPSA) is 35.2 Å². The first-order valence-electron chi connectivity index (χ1n) is 25.0. The van der Waals surface area contributed by atoms with Gasteiger partial charge >= 0.3 is 0 Å². The predicted molar refractivity (Wildman–Crippen MR) is 301 cm³/mol. The predicted octanol–water partition coefficient (Wildman–Crippen LogP) is 17.3. The maximum atomic E-state index is 8.79. The van der Waals surface area contributed by atoms with E-state index >= 15 is 0 Å². The van der Waals surface area contributed by atoms with Crippen LogP contribution < -0.4 is 14.8 Å². The minimum atomic E-state index is -1.72. The first kappa shape index (κ1) is 42.4. The number of ether oxygens (including phenoxy) is 1. The Bertz CT molecular complexity index is 4000. The number of anilines is 2. The van der Waals surface area contributed by atoms with Gasteiger partial charge in [0.25, 0.3) is 0 Å². The van der Waals surface area contributed by atoms with Crippen molar-refractivity contribution in [2.24, 2.45) is 0 Å². The number of nitrogens with zero attached hydrogens (tertiary/aromatic N) is 4. The zero-order valence-electron chi connectivity index (χ0n) is 42.3. The average Bonchev–Trinajstić information content (AvgIpc) is 3.92. The van der Waals surface area contributed by atoms with Gasteiger partial charge in [-0.1, -0.05) is 181 Å². The maximum absolute atomic E-state index is 8.79. The second-order valence-electron chi connectivity index (χ2n) is 21.3. The largest absolute Gasteiger partial charge is 0.457 e. The van der Waals surface area contributed by atoms with Gasteiger partial charge in [0.15, 0.2) is 0 Å². The van der Waals surface area contributed by atoms with Crippen molar-refractivity contribution in [1.82, 2.24) is 14.1 Å². The summed E-state index contributed by atoms with van der Waals surface area (Å²) in [6.07, 6.45) is 1.81. The van der Waals surface area contributed by atoms with E-state index in [1.165, 1.54) is 65.2 Å². The first-order chi connectivity index (χ1) is 34.1. The second-order valence-corrected chi connectivity index (χ2v) is 26.4. The molecule has 1 aliphatic rings. The Hall–Kier alpha value is -7.67. The van der Waals surface area contributed by atoms with Crippen molar-refractivity contribution in [3.63, 3.8) is 0 Å². The molecule has 4 heterocycles. The Kier molecular flexibility index (Phi) is 10.00. The lowest BCUT2D eigenvalue weighted by Crippen LogP contribution is -2.38. The molecule has 0 radical (unpaired) electrons. The van der Waals surface area contributed by atoms with Gasteiger partial charge in [-0.3, -0.25) is 4.57 Å². The van der Waals surface area contributed by atoms with Crippen LogP contribution in [0.3, 0.4) is 0 Å². The van der Waals surface area contributed by atoms with Gasteiger partial charge in [0.1, 0.15) is 24.0 Å². The average molecular weight is 928 g/mol. The van der Waals surface area contributed by atoms with E-state index in [4.69, 9.17) is 11.1 Å². The molecular weight excluding hydrogens is 869 g/mol. The van der Waals surface area contributed by atoms with E-state index in [-0.39, 0.29) is 5.41 Å². The van der Waals surface area contributed by atoms with Crippen LogP contribution in [0, 0.1) is 0 Å². The summed E-state index contributed by atoms with van der Waals surface area (Å²) >= 11 is 0. The van der Waals surface area contributed by atoms with Crippen LogP contribution in [0.4, 0.5) is 11.4 Å². The van der Waals surface area contributed by atoms with Gasteiger partial charge in [-0.25, -0.2) is 4.98 Å². The van der Waals surface area contributed by atoms with Crippen LogP contribution in [0.1, 0.15) is 53.0 Å². The second kappa shape index (κ2) is 16.5. The standard InChI is InChI=1S/C64H58N4OSi/c1-41(2)42-32-33-65-61(36-42)68-58-28-14-13-24-54(58)55-31-30-47(39-60(55)68)69-46-19-15-18-45(38-46)66-40-67-62-49(43-34-44(64(3,4)5)37-48(35-43)70(6,7)8)25-16-26-56(62)52-22-11-9-20-50(52)51-21-10-12-23-53(51)57-27-17-29-59(66)63(57)67/h9-39,41H,40H2,1-8H3/i41D. The summed E-state index contributed by atoms with van der Waals surface area (Å²) in [7, 11) is -1.72. The lowest BCUT2D eigenvalue weighted by molar-refractivity contribution is 0.483. The smallest absolute Gasteiger partial charge is 0.137 e. The number of hydrogen-bond acceptors (Lipinski definition) is 3. The third-order valence-corrected chi connectivity index (χ3v) is 16.4. The summed E-state index contributed by atoms with van der Waals surface area (Å²) in [5, 5.41) is 11.0. The Labute approximate surface area is 413 Å². The summed E-state index contributed by atoms with van der Waals surface area (Å²) in [4.78, 5) is 7.30. The molecule has 0 aliphatic carbocycles. The van der Waals surface area contributed by atoms with Crippen molar-refractivity contribution in [1.29, 1.82) is 0 Å². The third kappa shape index (κ3) is 7.32. The van der Waals surface area contributed by atoms with Crippen molar-refractivity contribution in [3.8, 4) is 28.4 Å². The van der Waals surface area contributed by atoms with E-state index in [0.29, 0.717) is 6.67 Å². The number of pyridine rings is 1. The van der Waals surface area contributed by atoms with Crippen LogP contribution >= 0.6 is 0 Å². The lowest BCUT2D eigenvalue weighted by Gasteiger charge is -2.26. The Morgan fingerprint density at radius 3 is 1.89 bits per heavy atom. The molecular formula is C64H58N4OSi. The normalized spacial score (nSPS) is 13.3. The minimum Gasteiger partial charge on any atom is -0.457 e. The summed E-state index contributed by atoms with van der Waals surface area (Å²) in [6.45, 7) is 18.8. The lowest BCUT2D eigenvalue weighted by atomic mass is 9.85. The van der Waals surface area contributed by atoms with Crippen LogP contribution in [0.2, 0.25) is 19.6 Å². The van der Waals surface area contributed by atoms with Gasteiger partial charge in [0.05, 0.1) is 35.8 Å². The van der Waals surface area contributed by atoms with E-state index in [9.17, 15) is 0 Å². The molecule has 8 aromatic carbocycles. The van der Waals surface area contributed by atoms with Crippen molar-refractivity contribution >= 4 is 89.8 Å². The molecule has 0 saturated carbocycles. The molecule has 0 amide bonds. The molecule has 344 valence electrons. The van der Waals surface area contributed by atoms with Crippen molar-refractivity contribution in [2.75, 3.05) is 4.90 Å². The maximum Gasteiger partial charge on any atom is 0.137 e. The van der Waals surface area contributed by atoms with Crippen LogP contribution in [-0.2, 0) is 12.1 Å². The Morgan fingerprint density at radius 1 is 0.571 bits per heavy atom. The molecule has 0 unspecified atom stereocenters. The molecule has 0 N–H and O–H groups in total. The van der Waals surface area contributed by atoms with Crippen molar-refractivity contribution in [3.05, 3.63) is 199 Å². The molecule has 0 saturated heterocycles. The van der Waals surface area contributed by atoms with Crippen molar-refractivity contribution in [2.45, 2.75) is 72.2 Å². The summed E-state index contributed by atoms with van der Waals surface area (Å²) in [6, 6.07) is 66.4. The van der Waals surface area contributed by atoms with Crippen LogP contribution in [0.15, 0.2) is 188 Å². The summed E-state index contributed by atoms with van der Waals surface area (Å²) in [5.74, 6) is 1.49. The number of hydrogen-bond donors (Lipinski definition) is 0. The first-order valence-corrected chi connectivity index (χ1v) is 28.0. The van der Waals surface area contributed by atoms with Crippen molar-refractivity contribution < 1.29 is 6.11 Å². The van der Waals surface area contributed by atoms with E-state index in [1.54, 1.807) is 0 Å². The van der Waals surface area contributed by atoms with Gasteiger partial charge in [-0.2, -0.15) is 0 Å². The molecule has 3 aromatic heterocycles. The fourth-order valence-corrected chi connectivity index (χ4v) is 11.9. The van der Waals surface area contributed by atoms with Gasteiger partial charge < -0.3 is 14.2 Å².